The highest BCUT2D eigenvalue weighted by Crippen LogP contribution is 2.30. The summed E-state index contributed by atoms with van der Waals surface area (Å²) in [7, 11) is 1.41. The fourth-order valence-electron chi connectivity index (χ4n) is 1.64. The summed E-state index contributed by atoms with van der Waals surface area (Å²) in [6.07, 6.45) is 0. The molecule has 0 aromatic heterocycles. The van der Waals surface area contributed by atoms with Crippen LogP contribution in [-0.2, 0) is 4.76 Å². The van der Waals surface area contributed by atoms with Gasteiger partial charge in [0, 0.05) is 16.6 Å². The van der Waals surface area contributed by atoms with Crippen LogP contribution in [0.15, 0.2) is 40.9 Å². The number of rotatable bonds is 4. The second-order valence-electron chi connectivity index (χ2n) is 3.93. The predicted molar refractivity (Wildman–Crippen MR) is 79.8 cm³/mol. The predicted octanol–water partition coefficient (Wildman–Crippen LogP) is 4.05. The van der Waals surface area contributed by atoms with Crippen molar-refractivity contribution in [3.05, 3.63) is 52.5 Å². The summed E-state index contributed by atoms with van der Waals surface area (Å²) < 4.78 is 33.3. The Hall–Kier alpha value is -1.60. The molecule has 0 bridgehead atoms. The summed E-state index contributed by atoms with van der Waals surface area (Å²) >= 11 is 3.32. The molecule has 0 aliphatic carbocycles. The average molecular weight is 340 g/mol. The number of nitrogens with two attached hydrogens (primary N) is 1. The fourth-order valence-corrected chi connectivity index (χ4v) is 1.91. The molecule has 1 radical (unpaired) electrons. The van der Waals surface area contributed by atoms with E-state index >= 15 is 0 Å². The molecule has 0 amide bonds. The van der Waals surface area contributed by atoms with Crippen LogP contribution >= 0.6 is 15.9 Å². The van der Waals surface area contributed by atoms with Crippen LogP contribution in [0.2, 0.25) is 6.82 Å². The number of halogens is 3. The number of nitrogens with zero attached hydrogens (tertiary/aromatic N) is 1. The van der Waals surface area contributed by atoms with E-state index < -0.39 is 17.3 Å². The molecule has 2 N–H and O–H groups in total. The maximum atomic E-state index is 13.6. The van der Waals surface area contributed by atoms with Crippen molar-refractivity contribution >= 4 is 40.5 Å². The Labute approximate surface area is 124 Å². The second-order valence-corrected chi connectivity index (χ2v) is 4.85. The van der Waals surface area contributed by atoms with Crippen molar-refractivity contribution < 1.29 is 13.5 Å². The van der Waals surface area contributed by atoms with Crippen LogP contribution in [-0.4, -0.2) is 7.48 Å². The molecule has 0 aliphatic heterocycles. The van der Waals surface area contributed by atoms with Crippen molar-refractivity contribution in [2.75, 3.05) is 10.8 Å². The van der Waals surface area contributed by atoms with Gasteiger partial charge in [0.1, 0.15) is 5.69 Å². The first-order valence-corrected chi connectivity index (χ1v) is 6.57. The fraction of sp³-hybridized carbons (Fsp3) is 0.0769. The number of benzene rings is 2. The highest BCUT2D eigenvalue weighted by atomic mass is 79.9. The third kappa shape index (κ3) is 3.11. The maximum Gasteiger partial charge on any atom is 0.331 e. The van der Waals surface area contributed by atoms with E-state index in [1.165, 1.54) is 12.5 Å². The summed E-state index contributed by atoms with van der Waals surface area (Å²) in [5, 5.41) is 1.30. The molecule has 0 saturated heterocycles. The first-order valence-electron chi connectivity index (χ1n) is 5.77. The van der Waals surface area contributed by atoms with Crippen LogP contribution < -0.4 is 10.8 Å². The van der Waals surface area contributed by atoms with Gasteiger partial charge in [-0.25, -0.2) is 13.8 Å². The SMILES string of the molecule is C[B]ON(c1ccc(Br)cc1)c1cc(F)c(N)c(F)c1. The van der Waals surface area contributed by atoms with Gasteiger partial charge in [-0.3, -0.25) is 0 Å². The summed E-state index contributed by atoms with van der Waals surface area (Å²) in [6.45, 7) is 1.66. The van der Waals surface area contributed by atoms with Gasteiger partial charge >= 0.3 is 7.48 Å². The van der Waals surface area contributed by atoms with Gasteiger partial charge in [-0.05, 0) is 24.3 Å². The van der Waals surface area contributed by atoms with E-state index in [-0.39, 0.29) is 5.69 Å². The minimum atomic E-state index is -0.832. The zero-order valence-electron chi connectivity index (χ0n) is 10.6. The minimum Gasteiger partial charge on any atom is -0.394 e. The molecule has 0 saturated carbocycles. The van der Waals surface area contributed by atoms with Crippen molar-refractivity contribution in [3.63, 3.8) is 0 Å². The highest BCUT2D eigenvalue weighted by Gasteiger charge is 2.15. The van der Waals surface area contributed by atoms with Gasteiger partial charge in [-0.2, -0.15) is 0 Å². The molecule has 2 rings (SSSR count). The monoisotopic (exact) mass is 339 g/mol. The van der Waals surface area contributed by atoms with Gasteiger partial charge in [-0.1, -0.05) is 22.8 Å². The number of nitrogen functional groups attached to an aromatic ring is 1. The molecule has 3 nitrogen and oxygen atoms in total. The topological polar surface area (TPSA) is 38.5 Å². The number of hydrogen-bond acceptors (Lipinski definition) is 3. The van der Waals surface area contributed by atoms with Gasteiger partial charge < -0.3 is 10.5 Å². The number of anilines is 3. The molecule has 20 heavy (non-hydrogen) atoms. The molecular weight excluding hydrogens is 329 g/mol. The standard InChI is InChI=1S/C13H11BBrF2N2O/c1-14-20-19(9-4-2-8(15)3-5-9)10-6-11(16)13(18)12(17)7-10/h2-7H,18H2,1H3. The van der Waals surface area contributed by atoms with E-state index in [4.69, 9.17) is 10.5 Å². The van der Waals surface area contributed by atoms with E-state index in [1.807, 2.05) is 0 Å². The van der Waals surface area contributed by atoms with Gasteiger partial charge in [0.25, 0.3) is 0 Å². The molecule has 7 heteroatoms. The molecule has 2 aromatic carbocycles. The van der Waals surface area contributed by atoms with Gasteiger partial charge in [0.05, 0.1) is 11.4 Å². The molecule has 0 spiro atoms. The van der Waals surface area contributed by atoms with Crippen LogP contribution in [0.3, 0.4) is 0 Å². The third-order valence-corrected chi connectivity index (χ3v) is 3.10. The highest BCUT2D eigenvalue weighted by molar-refractivity contribution is 9.10. The van der Waals surface area contributed by atoms with Crippen LogP contribution in [0, 0.1) is 11.6 Å². The van der Waals surface area contributed by atoms with Crippen LogP contribution in [0.5, 0.6) is 0 Å². The first-order chi connectivity index (χ1) is 9.52. The lowest BCUT2D eigenvalue weighted by atomic mass is 10.1. The Balaban J connectivity index is 2.45. The lowest BCUT2D eigenvalue weighted by molar-refractivity contribution is 0.345. The quantitative estimate of drug-likeness (QED) is 0.519. The minimum absolute atomic E-state index is 0.203. The molecule has 0 unspecified atom stereocenters. The summed E-state index contributed by atoms with van der Waals surface area (Å²) in [5.74, 6) is -1.66. The van der Waals surface area contributed by atoms with E-state index in [9.17, 15) is 8.78 Å². The summed E-state index contributed by atoms with van der Waals surface area (Å²) in [5.41, 5.74) is 5.57. The molecule has 103 valence electrons. The van der Waals surface area contributed by atoms with Crippen molar-refractivity contribution in [1.82, 2.24) is 0 Å². The third-order valence-electron chi connectivity index (χ3n) is 2.57. The van der Waals surface area contributed by atoms with E-state index in [1.54, 1.807) is 31.1 Å². The Morgan fingerprint density at radius 1 is 1.10 bits per heavy atom. The zero-order chi connectivity index (χ0) is 14.7. The van der Waals surface area contributed by atoms with Crippen LogP contribution in [0.25, 0.3) is 0 Å². The van der Waals surface area contributed by atoms with Gasteiger partial charge in [-0.15, -0.1) is 0 Å². The van der Waals surface area contributed by atoms with E-state index in [0.717, 1.165) is 16.6 Å². The second kappa shape index (κ2) is 6.24. The Kier molecular flexibility index (Phi) is 4.62. The lowest BCUT2D eigenvalue weighted by Gasteiger charge is -2.24. The summed E-state index contributed by atoms with van der Waals surface area (Å²) in [4.78, 5) is 0. The molecular formula is C13H11BBrF2N2O. The van der Waals surface area contributed by atoms with Crippen molar-refractivity contribution in [2.24, 2.45) is 0 Å². The van der Waals surface area contributed by atoms with Gasteiger partial charge in [0.2, 0.25) is 0 Å². The Morgan fingerprint density at radius 2 is 1.65 bits per heavy atom. The van der Waals surface area contributed by atoms with E-state index in [2.05, 4.69) is 15.9 Å². The lowest BCUT2D eigenvalue weighted by Crippen LogP contribution is -2.19. The zero-order valence-corrected chi connectivity index (χ0v) is 12.2. The van der Waals surface area contributed by atoms with Gasteiger partial charge in [0.15, 0.2) is 11.6 Å². The number of hydrogen-bond donors (Lipinski definition) is 1. The summed E-state index contributed by atoms with van der Waals surface area (Å²) in [6, 6.07) is 9.32. The molecule has 0 aliphatic rings. The molecule has 2 aromatic rings. The largest absolute Gasteiger partial charge is 0.394 e. The first kappa shape index (κ1) is 14.8. The van der Waals surface area contributed by atoms with Crippen molar-refractivity contribution in [3.8, 4) is 0 Å². The van der Waals surface area contributed by atoms with Crippen molar-refractivity contribution in [1.29, 1.82) is 0 Å². The molecule has 0 heterocycles. The Morgan fingerprint density at radius 3 is 2.15 bits per heavy atom. The van der Waals surface area contributed by atoms with Crippen molar-refractivity contribution in [2.45, 2.75) is 6.82 Å². The smallest absolute Gasteiger partial charge is 0.331 e. The molecule has 0 atom stereocenters. The molecule has 0 fully saturated rings. The van der Waals surface area contributed by atoms with Crippen LogP contribution in [0.4, 0.5) is 25.8 Å². The van der Waals surface area contributed by atoms with Crippen LogP contribution in [0.1, 0.15) is 0 Å². The maximum absolute atomic E-state index is 13.6. The normalized spacial score (nSPS) is 10.4. The van der Waals surface area contributed by atoms with E-state index in [0.29, 0.717) is 5.69 Å². The Bertz CT molecular complexity index is 587. The average Bonchev–Trinajstić information content (AvgIpc) is 2.43.